The third kappa shape index (κ3) is 4.54. The van der Waals surface area contributed by atoms with Crippen LogP contribution in [-0.4, -0.2) is 78.0 Å². The molecule has 4 amide bonds. The van der Waals surface area contributed by atoms with Gasteiger partial charge in [0.25, 0.3) is 11.8 Å². The van der Waals surface area contributed by atoms with Crippen LogP contribution in [0.4, 0.5) is 0 Å². The number of hydrogen-bond acceptors (Lipinski definition) is 7. The Labute approximate surface area is 261 Å². The van der Waals surface area contributed by atoms with Gasteiger partial charge in [-0.2, -0.15) is 0 Å². The molecule has 13 heteroatoms. The van der Waals surface area contributed by atoms with Crippen molar-refractivity contribution in [1.82, 2.24) is 9.80 Å². The Balaban J connectivity index is 1.55. The summed E-state index contributed by atoms with van der Waals surface area (Å²) in [5, 5.41) is 19.2. The van der Waals surface area contributed by atoms with Gasteiger partial charge in [-0.05, 0) is 56.2 Å². The summed E-state index contributed by atoms with van der Waals surface area (Å²) < 4.78 is 5.59. The summed E-state index contributed by atoms with van der Waals surface area (Å²) in [6.07, 6.45) is 3.46. The molecule has 0 spiro atoms. The molecule has 42 heavy (non-hydrogen) atoms. The van der Waals surface area contributed by atoms with Crippen LogP contribution in [0, 0.1) is 17.8 Å². The lowest BCUT2D eigenvalue weighted by molar-refractivity contribution is -0.141. The van der Waals surface area contributed by atoms with Crippen LogP contribution in [0.1, 0.15) is 56.9 Å². The second-order valence-electron chi connectivity index (χ2n) is 11.2. The number of hydrogen-bond donors (Lipinski definition) is 2. The number of ether oxygens (including phenoxy) is 1. The van der Waals surface area contributed by atoms with Gasteiger partial charge in [0.05, 0.1) is 23.9 Å². The van der Waals surface area contributed by atoms with E-state index in [0.717, 1.165) is 4.90 Å². The lowest BCUT2D eigenvalue weighted by atomic mass is 9.56. The summed E-state index contributed by atoms with van der Waals surface area (Å²) in [7, 11) is 0. The first-order valence-electron chi connectivity index (χ1n) is 13.9. The molecule has 2 heterocycles. The number of benzene rings is 1. The van der Waals surface area contributed by atoms with E-state index in [1.165, 1.54) is 11.0 Å². The van der Waals surface area contributed by atoms with Gasteiger partial charge in [-0.1, -0.05) is 40.1 Å². The number of phenolic OH excluding ortho intramolecular Hbond substituents is 1. The number of imide groups is 2. The van der Waals surface area contributed by atoms with Gasteiger partial charge >= 0.3 is 5.97 Å². The van der Waals surface area contributed by atoms with Crippen LogP contribution >= 0.6 is 39.1 Å². The second-order valence-corrected chi connectivity index (χ2v) is 12.9. The van der Waals surface area contributed by atoms with E-state index in [9.17, 15) is 29.1 Å². The van der Waals surface area contributed by atoms with E-state index in [1.807, 2.05) is 6.08 Å². The number of alkyl halides is 3. The highest BCUT2D eigenvalue weighted by atomic mass is 79.9. The molecule has 4 aliphatic rings. The number of nitrogens with zero attached hydrogens (tertiary/aromatic N) is 2. The molecule has 6 atom stereocenters. The number of fused-ring (bicyclic) bond motifs is 4. The van der Waals surface area contributed by atoms with E-state index in [4.69, 9.17) is 33.0 Å². The maximum atomic E-state index is 13.8. The summed E-state index contributed by atoms with van der Waals surface area (Å²) in [4.78, 5) is 64.0. The highest BCUT2D eigenvalue weighted by Crippen LogP contribution is 2.65. The number of aromatic hydroxyl groups is 1. The minimum Gasteiger partial charge on any atom is -0.504 e. The number of amides is 4. The normalized spacial score (nSPS) is 32.0. The number of rotatable bonds is 10. The van der Waals surface area contributed by atoms with Crippen molar-refractivity contribution >= 4 is 68.7 Å². The Hall–Kier alpha value is -2.63. The van der Waals surface area contributed by atoms with Crippen molar-refractivity contribution in [2.75, 3.05) is 18.6 Å². The molecule has 2 aliphatic carbocycles. The van der Waals surface area contributed by atoms with Crippen LogP contribution in [0.15, 0.2) is 29.8 Å². The number of unbranched alkanes of at least 4 members (excludes halogenated alkanes) is 2. The maximum Gasteiger partial charge on any atom is 0.303 e. The first-order chi connectivity index (χ1) is 19.9. The number of carbonyl (C=O) groups is 5. The SMILES string of the molecule is CCOc1cc([C@H]2C3=CC[C@@H]4C(=O)N(CCCCCC(=O)O)C(=O)[C@@H]4[C@@H]3C[C@@]3(Cl)C(=O)N(CBr)C(=O)[C@@]23Cl)ccc1O. The number of aliphatic carboxylic acids is 1. The Kier molecular flexibility index (Phi) is 8.41. The van der Waals surface area contributed by atoms with Gasteiger partial charge in [0.2, 0.25) is 11.8 Å². The van der Waals surface area contributed by atoms with Crippen LogP contribution in [-0.2, 0) is 24.0 Å². The quantitative estimate of drug-likeness (QED) is 0.123. The number of carboxylic acid groups (broad SMARTS) is 1. The van der Waals surface area contributed by atoms with E-state index in [-0.39, 0.29) is 61.2 Å². The van der Waals surface area contributed by atoms with Crippen molar-refractivity contribution in [2.24, 2.45) is 17.8 Å². The highest BCUT2D eigenvalue weighted by Gasteiger charge is 2.76. The van der Waals surface area contributed by atoms with Crippen LogP contribution in [0.2, 0.25) is 0 Å². The number of halogens is 3. The number of allylic oxidation sites excluding steroid dienone is 2. The molecule has 2 N–H and O–H groups in total. The molecule has 226 valence electrons. The summed E-state index contributed by atoms with van der Waals surface area (Å²) in [6.45, 7) is 2.19. The first-order valence-corrected chi connectivity index (χ1v) is 15.8. The Morgan fingerprint density at radius 2 is 1.81 bits per heavy atom. The molecule has 2 saturated heterocycles. The van der Waals surface area contributed by atoms with E-state index in [2.05, 4.69) is 15.9 Å². The van der Waals surface area contributed by atoms with E-state index in [0.29, 0.717) is 30.4 Å². The molecule has 1 aromatic carbocycles. The van der Waals surface area contributed by atoms with Gasteiger partial charge < -0.3 is 14.9 Å². The smallest absolute Gasteiger partial charge is 0.303 e. The maximum absolute atomic E-state index is 13.8. The van der Waals surface area contributed by atoms with Crippen molar-refractivity contribution in [3.05, 3.63) is 35.4 Å². The van der Waals surface area contributed by atoms with Gasteiger partial charge in [-0.25, -0.2) is 0 Å². The molecule has 0 bridgehead atoms. The largest absolute Gasteiger partial charge is 0.504 e. The lowest BCUT2D eigenvalue weighted by Crippen LogP contribution is -2.60. The summed E-state index contributed by atoms with van der Waals surface area (Å²) in [5.41, 5.74) is 1.01. The lowest BCUT2D eigenvalue weighted by Gasteiger charge is -2.50. The number of carbonyl (C=O) groups excluding carboxylic acids is 4. The van der Waals surface area contributed by atoms with Crippen molar-refractivity contribution in [1.29, 1.82) is 0 Å². The molecule has 0 unspecified atom stereocenters. The van der Waals surface area contributed by atoms with E-state index >= 15 is 0 Å². The summed E-state index contributed by atoms with van der Waals surface area (Å²) >= 11 is 17.6. The molecule has 3 fully saturated rings. The van der Waals surface area contributed by atoms with Gasteiger partial charge in [0.1, 0.15) is 0 Å². The Morgan fingerprint density at radius 3 is 2.48 bits per heavy atom. The minimum absolute atomic E-state index is 0.0162. The third-order valence-corrected chi connectivity index (χ3v) is 10.9. The van der Waals surface area contributed by atoms with Crippen LogP contribution in [0.5, 0.6) is 11.5 Å². The first kappa shape index (κ1) is 30.8. The van der Waals surface area contributed by atoms with Crippen molar-refractivity contribution in [3.63, 3.8) is 0 Å². The fraction of sp³-hybridized carbons (Fsp3) is 0.552. The molecular weight excluding hydrogens is 655 g/mol. The fourth-order valence-corrected chi connectivity index (χ4v) is 8.54. The minimum atomic E-state index is -1.94. The van der Waals surface area contributed by atoms with E-state index in [1.54, 1.807) is 19.1 Å². The van der Waals surface area contributed by atoms with Gasteiger partial charge in [-0.3, -0.25) is 33.8 Å². The molecular formula is C29H31BrCl2N2O8. The van der Waals surface area contributed by atoms with E-state index < -0.39 is 51.2 Å². The summed E-state index contributed by atoms with van der Waals surface area (Å²) in [5.74, 6) is -5.90. The van der Waals surface area contributed by atoms with Crippen molar-refractivity contribution in [2.45, 2.75) is 61.1 Å². The predicted molar refractivity (Wildman–Crippen MR) is 155 cm³/mol. The van der Waals surface area contributed by atoms with Gasteiger partial charge in [0.15, 0.2) is 21.2 Å². The highest BCUT2D eigenvalue weighted by molar-refractivity contribution is 9.09. The molecule has 0 aromatic heterocycles. The van der Waals surface area contributed by atoms with Gasteiger partial charge in [0, 0.05) is 18.9 Å². The van der Waals surface area contributed by atoms with Crippen molar-refractivity contribution in [3.8, 4) is 11.5 Å². The van der Waals surface area contributed by atoms with Crippen LogP contribution in [0.3, 0.4) is 0 Å². The van der Waals surface area contributed by atoms with Crippen LogP contribution < -0.4 is 4.74 Å². The number of phenols is 1. The predicted octanol–water partition coefficient (Wildman–Crippen LogP) is 4.15. The molecule has 10 nitrogen and oxygen atoms in total. The molecule has 1 saturated carbocycles. The Morgan fingerprint density at radius 1 is 1.07 bits per heavy atom. The standard InChI is InChI=1S/C29H31BrCl2N2O8/c1-2-42-20-12-15(7-10-19(20)35)23-16-8-9-17-22(25(39)33(24(17)38)11-5-3-4-6-21(36)37)18(16)13-28(31)26(40)34(14-30)27(41)29(23,28)32/h7-8,10,12,17-18,22-23,35H,2-6,9,11,13-14H2,1H3,(H,36,37)/t17-,18+,22-,23-,28+,29-/m0/s1. The summed E-state index contributed by atoms with van der Waals surface area (Å²) in [6, 6.07) is 4.59. The zero-order chi connectivity index (χ0) is 30.6. The van der Waals surface area contributed by atoms with Crippen molar-refractivity contribution < 1.29 is 38.9 Å². The zero-order valence-electron chi connectivity index (χ0n) is 22.9. The number of carboxylic acids is 1. The number of likely N-dealkylation sites (tertiary alicyclic amines) is 2. The zero-order valence-corrected chi connectivity index (χ0v) is 26.0. The molecule has 2 aliphatic heterocycles. The molecule has 1 aromatic rings. The molecule has 5 rings (SSSR count). The Bertz CT molecular complexity index is 1390. The monoisotopic (exact) mass is 684 g/mol. The fourth-order valence-electron chi connectivity index (χ4n) is 7.12. The topological polar surface area (TPSA) is 142 Å². The second kappa shape index (κ2) is 11.5. The van der Waals surface area contributed by atoms with Crippen LogP contribution in [0.25, 0.3) is 0 Å². The average Bonchev–Trinajstić information content (AvgIpc) is 3.27. The third-order valence-electron chi connectivity index (χ3n) is 9.00. The van der Waals surface area contributed by atoms with Gasteiger partial charge in [-0.15, -0.1) is 23.2 Å². The average molecular weight is 686 g/mol. The molecule has 0 radical (unpaired) electrons.